The summed E-state index contributed by atoms with van der Waals surface area (Å²) in [7, 11) is 3.13. The maximum Gasteiger partial charge on any atom is 0.270 e. The highest BCUT2D eigenvalue weighted by Gasteiger charge is 2.35. The van der Waals surface area contributed by atoms with Gasteiger partial charge >= 0.3 is 0 Å². The van der Waals surface area contributed by atoms with Crippen LogP contribution < -0.4 is 19.7 Å². The van der Waals surface area contributed by atoms with E-state index in [1.807, 2.05) is 56.3 Å². The summed E-state index contributed by atoms with van der Waals surface area (Å²) in [5.41, 5.74) is 3.14. The van der Waals surface area contributed by atoms with Gasteiger partial charge in [0.2, 0.25) is 0 Å². The number of carbonyl (C=O) groups excluding carboxylic acids is 2. The summed E-state index contributed by atoms with van der Waals surface area (Å²) >= 11 is 5.35. The van der Waals surface area contributed by atoms with Crippen molar-refractivity contribution in [3.8, 4) is 11.5 Å². The topological polar surface area (TPSA) is 67.9 Å². The molecule has 6 nitrogen and oxygen atoms in total. The number of rotatable bonds is 4. The van der Waals surface area contributed by atoms with Crippen LogP contribution in [0, 0.1) is 13.8 Å². The van der Waals surface area contributed by atoms with E-state index < -0.39 is 11.8 Å². The van der Waals surface area contributed by atoms with Gasteiger partial charge < -0.3 is 9.47 Å². The molecule has 0 aliphatic carbocycles. The Morgan fingerprint density at radius 2 is 1.75 bits per heavy atom. The number of amides is 2. The smallest absolute Gasteiger partial charge is 0.270 e. The molecular formula is C25H22N2O4S. The van der Waals surface area contributed by atoms with Gasteiger partial charge in [-0.3, -0.25) is 19.8 Å². The quantitative estimate of drug-likeness (QED) is 0.368. The van der Waals surface area contributed by atoms with Gasteiger partial charge in [-0.2, -0.15) is 0 Å². The van der Waals surface area contributed by atoms with Crippen LogP contribution in [0.1, 0.15) is 16.7 Å². The lowest BCUT2D eigenvalue weighted by molar-refractivity contribution is -0.122. The Kier molecular flexibility index (Phi) is 5.67. The summed E-state index contributed by atoms with van der Waals surface area (Å²) in [5.74, 6) is 0.145. The van der Waals surface area contributed by atoms with Crippen LogP contribution in [0.2, 0.25) is 0 Å². The van der Waals surface area contributed by atoms with E-state index in [1.54, 1.807) is 26.4 Å². The van der Waals surface area contributed by atoms with E-state index >= 15 is 0 Å². The van der Waals surface area contributed by atoms with Gasteiger partial charge in [0.05, 0.1) is 19.9 Å². The molecule has 0 radical (unpaired) electrons. The van der Waals surface area contributed by atoms with Crippen molar-refractivity contribution >= 4 is 51.7 Å². The maximum absolute atomic E-state index is 13.5. The number of methoxy groups -OCH3 is 2. The van der Waals surface area contributed by atoms with Gasteiger partial charge in [-0.15, -0.1) is 0 Å². The van der Waals surface area contributed by atoms with Crippen molar-refractivity contribution in [3.63, 3.8) is 0 Å². The van der Waals surface area contributed by atoms with Gasteiger partial charge in [0, 0.05) is 5.56 Å². The van der Waals surface area contributed by atoms with Crippen LogP contribution in [0.25, 0.3) is 16.8 Å². The number of aryl methyl sites for hydroxylation is 1. The molecule has 1 aliphatic heterocycles. The molecule has 4 rings (SSSR count). The van der Waals surface area contributed by atoms with E-state index in [0.29, 0.717) is 22.7 Å². The van der Waals surface area contributed by atoms with Crippen molar-refractivity contribution in [2.75, 3.05) is 19.1 Å². The minimum atomic E-state index is -0.552. The predicted molar refractivity (Wildman–Crippen MR) is 129 cm³/mol. The van der Waals surface area contributed by atoms with Crippen molar-refractivity contribution in [1.82, 2.24) is 5.32 Å². The first-order chi connectivity index (χ1) is 15.3. The van der Waals surface area contributed by atoms with Gasteiger partial charge in [0.1, 0.15) is 17.1 Å². The van der Waals surface area contributed by atoms with E-state index in [9.17, 15) is 9.59 Å². The molecule has 2 amide bonds. The summed E-state index contributed by atoms with van der Waals surface area (Å²) in [6.45, 7) is 3.88. The number of thiocarbonyl (C=S) groups is 1. The number of hydrogen-bond acceptors (Lipinski definition) is 5. The maximum atomic E-state index is 13.5. The molecule has 162 valence electrons. The van der Waals surface area contributed by atoms with Gasteiger partial charge in [-0.1, -0.05) is 24.3 Å². The van der Waals surface area contributed by atoms with Crippen LogP contribution in [0.3, 0.4) is 0 Å². The molecule has 0 atom stereocenters. The van der Waals surface area contributed by atoms with Gasteiger partial charge in [-0.05, 0) is 78.3 Å². The minimum absolute atomic E-state index is 0.0341. The second-order valence-corrected chi connectivity index (χ2v) is 7.83. The van der Waals surface area contributed by atoms with E-state index in [-0.39, 0.29) is 10.7 Å². The van der Waals surface area contributed by atoms with Crippen molar-refractivity contribution in [1.29, 1.82) is 0 Å². The summed E-state index contributed by atoms with van der Waals surface area (Å²) in [4.78, 5) is 27.7. The molecule has 0 spiro atoms. The molecule has 0 unspecified atom stereocenters. The molecule has 0 saturated carbocycles. The Labute approximate surface area is 191 Å². The molecule has 1 N–H and O–H groups in total. The number of hydrogen-bond donors (Lipinski definition) is 1. The molecule has 32 heavy (non-hydrogen) atoms. The molecule has 0 bridgehead atoms. The predicted octanol–water partition coefficient (Wildman–Crippen LogP) is 4.31. The number of nitrogens with one attached hydrogen (secondary N) is 1. The molecule has 1 fully saturated rings. The number of carbonyl (C=O) groups is 2. The zero-order valence-electron chi connectivity index (χ0n) is 18.2. The van der Waals surface area contributed by atoms with Crippen molar-refractivity contribution in [2.24, 2.45) is 0 Å². The number of nitrogens with zero attached hydrogens (tertiary/aromatic N) is 1. The average molecular weight is 447 g/mol. The van der Waals surface area contributed by atoms with Crippen LogP contribution in [-0.2, 0) is 9.59 Å². The minimum Gasteiger partial charge on any atom is -0.497 e. The van der Waals surface area contributed by atoms with Crippen LogP contribution in [0.15, 0.2) is 54.1 Å². The highest BCUT2D eigenvalue weighted by molar-refractivity contribution is 7.80. The normalized spacial score (nSPS) is 15.3. The first-order valence-corrected chi connectivity index (χ1v) is 10.4. The van der Waals surface area contributed by atoms with Crippen LogP contribution in [0.4, 0.5) is 5.69 Å². The number of benzene rings is 3. The highest BCUT2D eigenvalue weighted by Crippen LogP contribution is 2.34. The number of anilines is 1. The van der Waals surface area contributed by atoms with Gasteiger partial charge in [0.15, 0.2) is 5.11 Å². The summed E-state index contributed by atoms with van der Waals surface area (Å²) < 4.78 is 10.9. The van der Waals surface area contributed by atoms with Crippen LogP contribution in [0.5, 0.6) is 11.5 Å². The molecule has 3 aromatic carbocycles. The second kappa shape index (κ2) is 8.43. The Hall–Kier alpha value is -3.71. The molecule has 1 aliphatic rings. The average Bonchev–Trinajstić information content (AvgIpc) is 2.78. The lowest BCUT2D eigenvalue weighted by Crippen LogP contribution is -2.54. The molecule has 7 heteroatoms. The standard InChI is InChI=1S/C25H22N2O4S/c1-14-6-5-7-21(15(14)2)27-24(29)20(23(28)26-25(27)32)13-19-18-12-17(30-3)10-8-16(18)9-11-22(19)31-4/h5-13H,1-4H3,(H,26,28,32)/b20-13+. The molecule has 0 aromatic heterocycles. The highest BCUT2D eigenvalue weighted by atomic mass is 32.1. The lowest BCUT2D eigenvalue weighted by Gasteiger charge is -2.30. The van der Waals surface area contributed by atoms with E-state index in [4.69, 9.17) is 21.7 Å². The number of ether oxygens (including phenoxy) is 2. The van der Waals surface area contributed by atoms with Crippen LogP contribution >= 0.6 is 12.2 Å². The second-order valence-electron chi connectivity index (χ2n) is 7.45. The monoisotopic (exact) mass is 446 g/mol. The Morgan fingerprint density at radius 1 is 1.00 bits per heavy atom. The summed E-state index contributed by atoms with van der Waals surface area (Å²) in [6, 6.07) is 15.0. The third-order valence-corrected chi connectivity index (χ3v) is 5.94. The molecule has 3 aromatic rings. The first-order valence-electron chi connectivity index (χ1n) is 9.98. The zero-order chi connectivity index (χ0) is 23.0. The fourth-order valence-electron chi connectivity index (χ4n) is 3.75. The van der Waals surface area contributed by atoms with E-state index in [0.717, 1.165) is 21.9 Å². The zero-order valence-corrected chi connectivity index (χ0v) is 19.0. The van der Waals surface area contributed by atoms with Gasteiger partial charge in [-0.25, -0.2) is 0 Å². The van der Waals surface area contributed by atoms with Crippen molar-refractivity contribution in [2.45, 2.75) is 13.8 Å². The largest absolute Gasteiger partial charge is 0.497 e. The summed E-state index contributed by atoms with van der Waals surface area (Å²) in [6.07, 6.45) is 1.55. The van der Waals surface area contributed by atoms with Crippen LogP contribution in [-0.4, -0.2) is 31.1 Å². The third-order valence-electron chi connectivity index (χ3n) is 5.66. The summed E-state index contributed by atoms with van der Waals surface area (Å²) in [5, 5.41) is 4.42. The fourth-order valence-corrected chi connectivity index (χ4v) is 4.03. The van der Waals surface area contributed by atoms with Gasteiger partial charge in [0.25, 0.3) is 11.8 Å². The molecular weight excluding hydrogens is 424 g/mol. The Bertz CT molecular complexity index is 1310. The SMILES string of the molecule is COc1ccc2ccc(OC)c(/C=C3\C(=O)NC(=S)N(c4cccc(C)c4C)C3=O)c2c1. The van der Waals surface area contributed by atoms with Crippen molar-refractivity contribution < 1.29 is 19.1 Å². The molecule has 1 heterocycles. The van der Waals surface area contributed by atoms with E-state index in [2.05, 4.69) is 5.32 Å². The Balaban J connectivity index is 1.91. The van der Waals surface area contributed by atoms with E-state index in [1.165, 1.54) is 4.90 Å². The van der Waals surface area contributed by atoms with Crippen molar-refractivity contribution in [3.05, 3.63) is 70.8 Å². The first kappa shape index (κ1) is 21.5. The Morgan fingerprint density at radius 3 is 2.47 bits per heavy atom. The fraction of sp³-hybridized carbons (Fsp3) is 0.160. The lowest BCUT2D eigenvalue weighted by atomic mass is 9.99. The number of fused-ring (bicyclic) bond motifs is 1. The molecule has 1 saturated heterocycles. The third kappa shape index (κ3) is 3.61.